The largest absolute Gasteiger partial charge is 0.481 e. The highest BCUT2D eigenvalue weighted by Crippen LogP contribution is 2.34. The molecule has 1 rings (SSSR count). The van der Waals surface area contributed by atoms with Crippen LogP contribution in [0, 0.1) is 5.92 Å². The molecule has 0 aromatic rings. The summed E-state index contributed by atoms with van der Waals surface area (Å²) in [6, 6.07) is -0.254. The molecular formula is C11H20N2O4. The SMILES string of the molecule is COC(CN)CC(=O)NC(CC(=O)O)C1CC1. The third-order valence-electron chi connectivity index (χ3n) is 2.94. The molecule has 0 aliphatic heterocycles. The standard InChI is InChI=1S/C11H20N2O4/c1-17-8(6-12)4-10(14)13-9(5-11(15)16)7-2-3-7/h7-9H,2-6,12H2,1H3,(H,13,14)(H,15,16). The van der Waals surface area contributed by atoms with Gasteiger partial charge in [-0.2, -0.15) is 0 Å². The van der Waals surface area contributed by atoms with E-state index in [1.165, 1.54) is 7.11 Å². The van der Waals surface area contributed by atoms with Gasteiger partial charge in [-0.05, 0) is 18.8 Å². The first-order valence-corrected chi connectivity index (χ1v) is 5.80. The quantitative estimate of drug-likeness (QED) is 0.545. The smallest absolute Gasteiger partial charge is 0.305 e. The van der Waals surface area contributed by atoms with Crippen LogP contribution in [0.1, 0.15) is 25.7 Å². The van der Waals surface area contributed by atoms with Gasteiger partial charge in [0.2, 0.25) is 5.91 Å². The number of nitrogens with one attached hydrogen (secondary N) is 1. The van der Waals surface area contributed by atoms with Crippen LogP contribution in [0.3, 0.4) is 0 Å². The maximum Gasteiger partial charge on any atom is 0.305 e. The summed E-state index contributed by atoms with van der Waals surface area (Å²) in [7, 11) is 1.50. The van der Waals surface area contributed by atoms with E-state index in [-0.39, 0.29) is 37.4 Å². The van der Waals surface area contributed by atoms with Crippen molar-refractivity contribution in [1.82, 2.24) is 5.32 Å². The number of amides is 1. The lowest BCUT2D eigenvalue weighted by molar-refractivity contribution is -0.138. The maximum absolute atomic E-state index is 11.7. The molecule has 98 valence electrons. The Bertz CT molecular complexity index is 275. The molecule has 1 aliphatic rings. The van der Waals surface area contributed by atoms with E-state index >= 15 is 0 Å². The number of carbonyl (C=O) groups excluding carboxylic acids is 1. The molecule has 0 heterocycles. The Labute approximate surface area is 101 Å². The summed E-state index contributed by atoms with van der Waals surface area (Å²) in [6.45, 7) is 0.275. The predicted molar refractivity (Wildman–Crippen MR) is 61.4 cm³/mol. The molecule has 0 aromatic heterocycles. The Morgan fingerprint density at radius 3 is 2.53 bits per heavy atom. The van der Waals surface area contributed by atoms with Crippen LogP contribution in [0.5, 0.6) is 0 Å². The van der Waals surface area contributed by atoms with Crippen LogP contribution >= 0.6 is 0 Å². The van der Waals surface area contributed by atoms with Crippen molar-refractivity contribution in [2.45, 2.75) is 37.8 Å². The van der Waals surface area contributed by atoms with Gasteiger partial charge in [-0.1, -0.05) is 0 Å². The van der Waals surface area contributed by atoms with E-state index in [4.69, 9.17) is 15.6 Å². The molecule has 1 saturated carbocycles. The summed E-state index contributed by atoms with van der Waals surface area (Å²) in [5.41, 5.74) is 5.42. The molecule has 0 aromatic carbocycles. The number of methoxy groups -OCH3 is 1. The van der Waals surface area contributed by atoms with Crippen molar-refractivity contribution in [3.8, 4) is 0 Å². The third-order valence-corrected chi connectivity index (χ3v) is 2.94. The van der Waals surface area contributed by atoms with Crippen LogP contribution in [0.25, 0.3) is 0 Å². The van der Waals surface area contributed by atoms with E-state index < -0.39 is 5.97 Å². The molecule has 0 spiro atoms. The molecule has 6 nitrogen and oxygen atoms in total. The van der Waals surface area contributed by atoms with E-state index in [0.29, 0.717) is 5.92 Å². The summed E-state index contributed by atoms with van der Waals surface area (Å²) < 4.78 is 5.01. The van der Waals surface area contributed by atoms with Gasteiger partial charge in [0.1, 0.15) is 0 Å². The Morgan fingerprint density at radius 2 is 2.12 bits per heavy atom. The summed E-state index contributed by atoms with van der Waals surface area (Å²) in [5, 5.41) is 11.5. The van der Waals surface area contributed by atoms with Crippen LogP contribution in [0.4, 0.5) is 0 Å². The number of carboxylic acids is 1. The number of carbonyl (C=O) groups is 2. The van der Waals surface area contributed by atoms with Crippen LogP contribution in [-0.2, 0) is 14.3 Å². The highest BCUT2D eigenvalue weighted by atomic mass is 16.5. The van der Waals surface area contributed by atoms with Gasteiger partial charge in [0.15, 0.2) is 0 Å². The monoisotopic (exact) mass is 244 g/mol. The average molecular weight is 244 g/mol. The molecule has 0 radical (unpaired) electrons. The average Bonchev–Trinajstić information content (AvgIpc) is 3.08. The van der Waals surface area contributed by atoms with Crippen LogP contribution in [-0.4, -0.2) is 42.8 Å². The lowest BCUT2D eigenvalue weighted by Gasteiger charge is -2.18. The second kappa shape index (κ2) is 6.56. The van der Waals surface area contributed by atoms with Gasteiger partial charge in [0, 0.05) is 19.7 Å². The lowest BCUT2D eigenvalue weighted by atomic mass is 10.1. The first kappa shape index (κ1) is 13.9. The fourth-order valence-corrected chi connectivity index (χ4v) is 1.76. The van der Waals surface area contributed by atoms with Gasteiger partial charge in [0.25, 0.3) is 0 Å². The zero-order valence-electron chi connectivity index (χ0n) is 10.0. The van der Waals surface area contributed by atoms with Crippen molar-refractivity contribution in [3.05, 3.63) is 0 Å². The fourth-order valence-electron chi connectivity index (χ4n) is 1.76. The summed E-state index contributed by atoms with van der Waals surface area (Å²) >= 11 is 0. The van der Waals surface area contributed by atoms with E-state index in [2.05, 4.69) is 5.32 Å². The highest BCUT2D eigenvalue weighted by molar-refractivity contribution is 5.78. The van der Waals surface area contributed by atoms with Crippen molar-refractivity contribution in [2.24, 2.45) is 11.7 Å². The predicted octanol–water partition coefficient (Wildman–Crippen LogP) is -0.280. The molecule has 1 aliphatic carbocycles. The van der Waals surface area contributed by atoms with Crippen molar-refractivity contribution < 1.29 is 19.4 Å². The first-order valence-electron chi connectivity index (χ1n) is 5.80. The number of rotatable bonds is 8. The van der Waals surface area contributed by atoms with Crippen molar-refractivity contribution in [2.75, 3.05) is 13.7 Å². The molecular weight excluding hydrogens is 224 g/mol. The van der Waals surface area contributed by atoms with Crippen LogP contribution in [0.2, 0.25) is 0 Å². The molecule has 6 heteroatoms. The van der Waals surface area contributed by atoms with E-state index in [1.54, 1.807) is 0 Å². The highest BCUT2D eigenvalue weighted by Gasteiger charge is 2.33. The molecule has 1 fully saturated rings. The molecule has 4 N–H and O–H groups in total. The minimum Gasteiger partial charge on any atom is -0.481 e. The molecule has 17 heavy (non-hydrogen) atoms. The Morgan fingerprint density at radius 1 is 1.47 bits per heavy atom. The fraction of sp³-hybridized carbons (Fsp3) is 0.818. The number of carboxylic acid groups (broad SMARTS) is 1. The van der Waals surface area contributed by atoms with Gasteiger partial charge in [0.05, 0.1) is 18.9 Å². The Kier molecular flexibility index (Phi) is 5.37. The Hall–Kier alpha value is -1.14. The second-order valence-corrected chi connectivity index (χ2v) is 4.41. The number of hydrogen-bond donors (Lipinski definition) is 3. The maximum atomic E-state index is 11.7. The number of nitrogens with two attached hydrogens (primary N) is 1. The Balaban J connectivity index is 2.38. The number of ether oxygens (including phenoxy) is 1. The van der Waals surface area contributed by atoms with Crippen molar-refractivity contribution in [1.29, 1.82) is 0 Å². The van der Waals surface area contributed by atoms with Gasteiger partial charge in [-0.3, -0.25) is 9.59 Å². The molecule has 1 amide bonds. The van der Waals surface area contributed by atoms with E-state index in [1.807, 2.05) is 0 Å². The van der Waals surface area contributed by atoms with Crippen LogP contribution < -0.4 is 11.1 Å². The second-order valence-electron chi connectivity index (χ2n) is 4.41. The normalized spacial score (nSPS) is 18.5. The number of hydrogen-bond acceptors (Lipinski definition) is 4. The summed E-state index contributed by atoms with van der Waals surface area (Å²) in [6.07, 6.45) is 1.83. The molecule has 0 saturated heterocycles. The van der Waals surface area contributed by atoms with Crippen molar-refractivity contribution >= 4 is 11.9 Å². The van der Waals surface area contributed by atoms with Gasteiger partial charge < -0.3 is 20.9 Å². The van der Waals surface area contributed by atoms with Gasteiger partial charge in [-0.15, -0.1) is 0 Å². The summed E-state index contributed by atoms with van der Waals surface area (Å²) in [4.78, 5) is 22.3. The van der Waals surface area contributed by atoms with Crippen LogP contribution in [0.15, 0.2) is 0 Å². The minimum atomic E-state index is -0.885. The zero-order valence-corrected chi connectivity index (χ0v) is 10.0. The van der Waals surface area contributed by atoms with E-state index in [9.17, 15) is 9.59 Å². The van der Waals surface area contributed by atoms with Gasteiger partial charge >= 0.3 is 5.97 Å². The van der Waals surface area contributed by atoms with Crippen molar-refractivity contribution in [3.63, 3.8) is 0 Å². The zero-order chi connectivity index (χ0) is 12.8. The van der Waals surface area contributed by atoms with Gasteiger partial charge in [-0.25, -0.2) is 0 Å². The molecule has 2 unspecified atom stereocenters. The molecule has 2 atom stereocenters. The first-order chi connectivity index (χ1) is 8.06. The minimum absolute atomic E-state index is 0.0172. The third kappa shape index (κ3) is 5.14. The summed E-state index contributed by atoms with van der Waals surface area (Å²) in [5.74, 6) is -0.765. The number of aliphatic carboxylic acids is 1. The topological polar surface area (TPSA) is 102 Å². The lowest BCUT2D eigenvalue weighted by Crippen LogP contribution is -2.40. The van der Waals surface area contributed by atoms with E-state index in [0.717, 1.165) is 12.8 Å². The molecule has 0 bridgehead atoms.